The normalized spacial score (nSPS) is 1.50. The van der Waals surface area contributed by atoms with Crippen molar-refractivity contribution < 1.29 is 14.3 Å². The summed E-state index contributed by atoms with van der Waals surface area (Å²) < 4.78 is 0. The average Bonchev–Trinajstić information content (AvgIpc) is 1.00. The average molecular weight is 288 g/mol. The van der Waals surface area contributed by atoms with Crippen LogP contribution in [0.3, 0.4) is 0 Å². The van der Waals surface area contributed by atoms with Gasteiger partial charge < -0.3 is 13.2 Å². The van der Waals surface area contributed by atoms with E-state index in [-0.39, 0.29) is 21.7 Å². The fourth-order valence-electron chi connectivity index (χ4n) is 0. The molecule has 4 heavy (non-hydrogen) atoms. The molecule has 1 N–H and O–H groups in total. The molecule has 0 aliphatic heterocycles. The molecule has 0 atom stereocenters. The number of nitrogens with one attached hydrogen (secondary N) is 1. The quantitative estimate of drug-likeness (QED) is 0.597. The molecular formula is C2H7AmN-2. The summed E-state index contributed by atoms with van der Waals surface area (Å²) in [5.74, 6) is 0. The number of hydrogen-bond donors (Lipinski definition) is 0. The molecule has 0 rings (SSSR count). The second-order valence-corrected chi connectivity index (χ2v) is 0. The Hall–Kier alpha value is 0.350. The standard InChI is InChI=1S/CH4N.CH3.Am/c1-2;;/h2H,1H3;1H3;/q2*-1;. The van der Waals surface area contributed by atoms with Gasteiger partial charge in [0.15, 0.2) is 0 Å². The van der Waals surface area contributed by atoms with E-state index in [9.17, 15) is 0 Å². The van der Waals surface area contributed by atoms with Gasteiger partial charge >= 0.3 is 0 Å². The summed E-state index contributed by atoms with van der Waals surface area (Å²) in [5.41, 5.74) is 5.75. The van der Waals surface area contributed by atoms with Crippen LogP contribution in [0, 0.1) is 21.7 Å². The zero-order valence-corrected chi connectivity index (χ0v) is 6.03. The van der Waals surface area contributed by atoms with Crippen LogP contribution in [-0.2, 0) is 0 Å². The molecule has 0 unspecified atom stereocenters. The van der Waals surface area contributed by atoms with Crippen molar-refractivity contribution in [3.05, 3.63) is 13.2 Å². The predicted octanol–water partition coefficient (Wildman–Crippen LogP) is 1.12. The van der Waals surface area contributed by atoms with Gasteiger partial charge in [-0.2, -0.15) is 7.05 Å². The molecule has 0 fully saturated rings. The summed E-state index contributed by atoms with van der Waals surface area (Å²) in [5, 5.41) is 0. The first-order valence-corrected chi connectivity index (χ1v) is 0.500. The Labute approximate surface area is 35.4 Å². The van der Waals surface area contributed by atoms with Gasteiger partial charge in [-0.3, -0.25) is 0 Å². The summed E-state index contributed by atoms with van der Waals surface area (Å²) in [7, 11) is 1.25. The molecular weight excluding hydrogens is 281 g/mol. The first kappa shape index (κ1) is 26.8. The van der Waals surface area contributed by atoms with Crippen LogP contribution in [0.1, 0.15) is 0 Å². The summed E-state index contributed by atoms with van der Waals surface area (Å²) in [6.07, 6.45) is 0. The van der Waals surface area contributed by atoms with Crippen LogP contribution in [0.25, 0.3) is 5.73 Å². The van der Waals surface area contributed by atoms with E-state index in [1.807, 2.05) is 0 Å². The first-order chi connectivity index (χ1) is 1.00. The molecule has 0 heterocycles. The van der Waals surface area contributed by atoms with Crippen molar-refractivity contribution >= 4 is 0 Å². The third kappa shape index (κ3) is 35.0. The molecule has 0 saturated carbocycles. The zero-order chi connectivity index (χ0) is 2.00. The summed E-state index contributed by atoms with van der Waals surface area (Å²) in [6, 6.07) is 0. The van der Waals surface area contributed by atoms with Crippen molar-refractivity contribution in [3.63, 3.8) is 0 Å². The number of rotatable bonds is 0. The van der Waals surface area contributed by atoms with Crippen molar-refractivity contribution in [2.24, 2.45) is 0 Å². The zero-order valence-electron chi connectivity index (χ0n) is 2.88. The molecule has 0 aromatic heterocycles. The van der Waals surface area contributed by atoms with Crippen LogP contribution >= 0.6 is 0 Å². The minimum absolute atomic E-state index is 0. The van der Waals surface area contributed by atoms with Gasteiger partial charge in [-0.15, -0.1) is 0 Å². The van der Waals surface area contributed by atoms with Gasteiger partial charge in [0.25, 0.3) is 0 Å². The fourth-order valence-corrected chi connectivity index (χ4v) is 0. The molecule has 0 aromatic rings. The van der Waals surface area contributed by atoms with Gasteiger partial charge in [-0.1, -0.05) is 0 Å². The Morgan fingerprint density at radius 1 is 1.25 bits per heavy atom. The van der Waals surface area contributed by atoms with Crippen LogP contribution in [0.5, 0.6) is 0 Å². The molecule has 0 aromatic carbocycles. The van der Waals surface area contributed by atoms with Crippen LogP contribution in [0.15, 0.2) is 0 Å². The largest absolute Gasteiger partial charge is 0.680 e. The second kappa shape index (κ2) is 151. The predicted molar refractivity (Wildman–Crippen MR) is 16.7 cm³/mol. The third-order valence-electron chi connectivity index (χ3n) is 0. The maximum atomic E-state index is 5.75. The Kier molecular flexibility index (Phi) is 1010. The molecule has 0 bridgehead atoms. The Morgan fingerprint density at radius 2 is 1.25 bits per heavy atom. The Bertz CT molecular complexity index is 6.00. The minimum atomic E-state index is 0. The molecule has 0 aliphatic carbocycles. The van der Waals surface area contributed by atoms with E-state index in [4.69, 9.17) is 5.73 Å². The van der Waals surface area contributed by atoms with Crippen molar-refractivity contribution in [2.75, 3.05) is 7.05 Å². The van der Waals surface area contributed by atoms with Gasteiger partial charge in [0.1, 0.15) is 0 Å². The Balaban J connectivity index is -0.00000000500. The third-order valence-corrected chi connectivity index (χ3v) is 0. The van der Waals surface area contributed by atoms with E-state index in [0.717, 1.165) is 0 Å². The van der Waals surface area contributed by atoms with Crippen molar-refractivity contribution in [3.8, 4) is 0 Å². The molecule has 1 nitrogen and oxygen atoms in total. The molecule has 0 spiro atoms. The fraction of sp³-hybridized carbons (Fsp3) is 0.500. The van der Waals surface area contributed by atoms with Crippen molar-refractivity contribution in [2.45, 2.75) is 0 Å². The molecule has 0 saturated heterocycles. The van der Waals surface area contributed by atoms with Gasteiger partial charge in [0, 0.05) is 14.3 Å². The second-order valence-electron chi connectivity index (χ2n) is 0. The molecule has 0 amide bonds. The van der Waals surface area contributed by atoms with E-state index in [2.05, 4.69) is 0 Å². The monoisotopic (exact) mass is 286 g/mol. The van der Waals surface area contributed by atoms with E-state index < -0.39 is 0 Å². The van der Waals surface area contributed by atoms with Gasteiger partial charge in [-0.25, -0.2) is 0 Å². The molecule has 2 heteroatoms. The van der Waals surface area contributed by atoms with Crippen LogP contribution in [0.4, 0.5) is 0 Å². The summed E-state index contributed by atoms with van der Waals surface area (Å²) >= 11 is 0. The van der Waals surface area contributed by atoms with Crippen LogP contribution in [0.2, 0.25) is 0 Å². The van der Waals surface area contributed by atoms with E-state index in [0.29, 0.717) is 0 Å². The summed E-state index contributed by atoms with van der Waals surface area (Å²) in [6.45, 7) is 0. The van der Waals surface area contributed by atoms with E-state index in [1.165, 1.54) is 7.05 Å². The minimum Gasteiger partial charge on any atom is -0.680 e. The van der Waals surface area contributed by atoms with E-state index >= 15 is 0 Å². The topological polar surface area (TPSA) is 23.8 Å². The van der Waals surface area contributed by atoms with Crippen LogP contribution in [-0.4, -0.2) is 7.05 Å². The van der Waals surface area contributed by atoms with Gasteiger partial charge in [-0.05, 0) is 0 Å². The SMILES string of the molecule is C[NH-].[Am].[CH3-]. The van der Waals surface area contributed by atoms with Gasteiger partial charge in [0.2, 0.25) is 0 Å². The van der Waals surface area contributed by atoms with Crippen molar-refractivity contribution in [1.29, 1.82) is 0 Å². The maximum absolute atomic E-state index is 5.75. The molecule has 0 aliphatic rings. The maximum Gasteiger partial charge on any atom is 0 e. The Morgan fingerprint density at radius 3 is 1.25 bits per heavy atom. The van der Waals surface area contributed by atoms with Crippen LogP contribution < -0.4 is 0 Å². The first-order valence-electron chi connectivity index (χ1n) is 0.500. The van der Waals surface area contributed by atoms with Gasteiger partial charge in [0.05, 0.1) is 0 Å². The summed E-state index contributed by atoms with van der Waals surface area (Å²) in [4.78, 5) is 0. The van der Waals surface area contributed by atoms with E-state index in [1.54, 1.807) is 0 Å². The number of hydrogen-bond acceptors (Lipinski definition) is 0. The smallest absolute Gasteiger partial charge is 0 e. The van der Waals surface area contributed by atoms with Crippen molar-refractivity contribution in [1.82, 2.24) is 0 Å². The molecule has 29 valence electrons. The molecule has 1 radical (unpaired) electrons.